The largest absolute Gasteiger partial charge is 0.496 e. The number of benzene rings is 1. The summed E-state index contributed by atoms with van der Waals surface area (Å²) in [5.74, 6) is 0.878. The predicted octanol–water partition coefficient (Wildman–Crippen LogP) is 3.84. The molecular formula is C23H29N5O3S. The highest BCUT2D eigenvalue weighted by Gasteiger charge is 2.20. The van der Waals surface area contributed by atoms with Gasteiger partial charge in [-0.15, -0.1) is 0 Å². The van der Waals surface area contributed by atoms with Gasteiger partial charge in [-0.25, -0.2) is 4.98 Å². The molecular weight excluding hydrogens is 426 g/mol. The van der Waals surface area contributed by atoms with Crippen LogP contribution in [0.15, 0.2) is 23.5 Å². The summed E-state index contributed by atoms with van der Waals surface area (Å²) in [7, 11) is 0.218. The number of rotatable bonds is 6. The lowest BCUT2D eigenvalue weighted by Gasteiger charge is -2.30. The fourth-order valence-electron chi connectivity index (χ4n) is 4.23. The van der Waals surface area contributed by atoms with Crippen molar-refractivity contribution in [2.45, 2.75) is 50.9 Å². The number of ether oxygens (including phenoxy) is 1. The number of amides is 1. The second-order valence-electron chi connectivity index (χ2n) is 8.19. The average Bonchev–Trinajstić information content (AvgIpc) is 3.19. The molecule has 0 spiro atoms. The molecule has 0 saturated carbocycles. The molecule has 9 heteroatoms. The molecule has 3 heterocycles. The molecule has 8 nitrogen and oxygen atoms in total. The van der Waals surface area contributed by atoms with E-state index in [0.29, 0.717) is 5.16 Å². The third-order valence-electron chi connectivity index (χ3n) is 5.82. The van der Waals surface area contributed by atoms with Gasteiger partial charge >= 0.3 is 0 Å². The van der Waals surface area contributed by atoms with Crippen LogP contribution in [-0.2, 0) is 21.3 Å². The van der Waals surface area contributed by atoms with Crippen LogP contribution in [0.2, 0.25) is 0 Å². The van der Waals surface area contributed by atoms with Crippen LogP contribution >= 0.6 is 0 Å². The average molecular weight is 456 g/mol. The van der Waals surface area contributed by atoms with Crippen LogP contribution in [0.4, 0.5) is 11.4 Å². The van der Waals surface area contributed by atoms with E-state index >= 15 is 0 Å². The van der Waals surface area contributed by atoms with Crippen LogP contribution < -0.4 is 15.0 Å². The van der Waals surface area contributed by atoms with Crippen molar-refractivity contribution in [3.8, 4) is 5.75 Å². The first-order valence-electron chi connectivity index (χ1n) is 10.8. The summed E-state index contributed by atoms with van der Waals surface area (Å²) in [5, 5.41) is 3.33. The summed E-state index contributed by atoms with van der Waals surface area (Å²) in [6.07, 6.45) is 5.21. The Kier molecular flexibility index (Phi) is 6.45. The van der Waals surface area contributed by atoms with Crippen molar-refractivity contribution in [2.75, 3.05) is 30.4 Å². The predicted molar refractivity (Wildman–Crippen MR) is 127 cm³/mol. The van der Waals surface area contributed by atoms with Gasteiger partial charge in [-0.05, 0) is 45.2 Å². The van der Waals surface area contributed by atoms with Crippen LogP contribution in [0, 0.1) is 13.8 Å². The molecule has 1 unspecified atom stereocenters. The Hall–Kier alpha value is -2.94. The number of anilines is 2. The number of aryl methyl sites for hydroxylation is 1. The fraction of sp³-hybridized carbons (Fsp3) is 0.435. The van der Waals surface area contributed by atoms with E-state index < -0.39 is 10.8 Å². The number of hydrogen-bond acceptors (Lipinski definition) is 6. The molecule has 1 atom stereocenters. The van der Waals surface area contributed by atoms with Gasteiger partial charge in [0.1, 0.15) is 5.75 Å². The number of carbonyl (C=O) groups excluding carboxylic acids is 1. The zero-order valence-corrected chi connectivity index (χ0v) is 19.8. The maximum Gasteiger partial charge on any atom is 0.221 e. The Morgan fingerprint density at radius 1 is 1.25 bits per heavy atom. The molecule has 170 valence electrons. The number of nitrogens with zero attached hydrogens (tertiary/aromatic N) is 3. The molecule has 4 rings (SSSR count). The van der Waals surface area contributed by atoms with Crippen molar-refractivity contribution >= 4 is 39.1 Å². The Morgan fingerprint density at radius 2 is 2.00 bits per heavy atom. The van der Waals surface area contributed by atoms with Gasteiger partial charge in [0.2, 0.25) is 5.91 Å². The summed E-state index contributed by atoms with van der Waals surface area (Å²) in [4.78, 5) is 26.3. The van der Waals surface area contributed by atoms with Gasteiger partial charge in [-0.1, -0.05) is 0 Å². The maximum absolute atomic E-state index is 13.1. The maximum atomic E-state index is 13.1. The Bertz CT molecular complexity index is 1180. The zero-order valence-electron chi connectivity index (χ0n) is 18.9. The highest BCUT2D eigenvalue weighted by atomic mass is 32.2. The summed E-state index contributed by atoms with van der Waals surface area (Å²) in [5.41, 5.74) is 5.72. The molecule has 1 aliphatic heterocycles. The zero-order chi connectivity index (χ0) is 22.8. The van der Waals surface area contributed by atoms with E-state index in [1.807, 2.05) is 26.0 Å². The van der Waals surface area contributed by atoms with E-state index in [-0.39, 0.29) is 11.7 Å². The van der Waals surface area contributed by atoms with Crippen molar-refractivity contribution < 1.29 is 13.7 Å². The summed E-state index contributed by atoms with van der Waals surface area (Å²) >= 11 is 0. The third kappa shape index (κ3) is 4.48. The number of aromatic nitrogens is 3. The second kappa shape index (κ2) is 9.28. The van der Waals surface area contributed by atoms with E-state index in [0.717, 1.165) is 70.9 Å². The van der Waals surface area contributed by atoms with Crippen molar-refractivity contribution in [3.63, 3.8) is 0 Å². The molecule has 0 aliphatic carbocycles. The minimum Gasteiger partial charge on any atom is -0.496 e. The van der Waals surface area contributed by atoms with Gasteiger partial charge in [-0.2, -0.15) is 0 Å². The molecule has 1 fully saturated rings. The minimum atomic E-state index is -1.41. The number of imidazole rings is 1. The normalized spacial score (nSPS) is 15.1. The van der Waals surface area contributed by atoms with E-state index in [4.69, 9.17) is 4.74 Å². The topological polar surface area (TPSA) is 100 Å². The molecule has 3 aromatic rings. The Labute approximate surface area is 190 Å². The van der Waals surface area contributed by atoms with Crippen LogP contribution in [0.3, 0.4) is 0 Å². The van der Waals surface area contributed by atoms with E-state index in [1.165, 1.54) is 13.3 Å². The van der Waals surface area contributed by atoms with Crippen LogP contribution in [0.5, 0.6) is 5.75 Å². The highest BCUT2D eigenvalue weighted by Crippen LogP contribution is 2.33. The van der Waals surface area contributed by atoms with E-state index in [2.05, 4.69) is 25.2 Å². The number of piperidine rings is 1. The first kappa shape index (κ1) is 22.3. The fourth-order valence-corrected chi connectivity index (χ4v) is 5.33. The van der Waals surface area contributed by atoms with Crippen molar-refractivity contribution in [2.24, 2.45) is 0 Å². The lowest BCUT2D eigenvalue weighted by molar-refractivity contribution is -0.114. The number of H-pyrrole nitrogens is 1. The third-order valence-corrected chi connectivity index (χ3v) is 6.98. The van der Waals surface area contributed by atoms with Crippen molar-refractivity contribution in [3.05, 3.63) is 35.2 Å². The number of nitrogens with one attached hydrogen (secondary N) is 2. The van der Waals surface area contributed by atoms with Crippen LogP contribution in [-0.4, -0.2) is 45.3 Å². The minimum absolute atomic E-state index is 0.124. The molecule has 1 saturated heterocycles. The van der Waals surface area contributed by atoms with Gasteiger partial charge < -0.3 is 19.9 Å². The molecule has 32 heavy (non-hydrogen) atoms. The summed E-state index contributed by atoms with van der Waals surface area (Å²) in [6, 6.07) is 3.86. The monoisotopic (exact) mass is 455 g/mol. The lowest BCUT2D eigenvalue weighted by atomic mass is 10.1. The molecule has 0 bridgehead atoms. The molecule has 1 aliphatic rings. The van der Waals surface area contributed by atoms with Crippen LogP contribution in [0.1, 0.15) is 43.0 Å². The van der Waals surface area contributed by atoms with E-state index in [1.54, 1.807) is 13.3 Å². The number of carbonyl (C=O) groups is 1. The second-order valence-corrected chi connectivity index (χ2v) is 9.56. The summed E-state index contributed by atoms with van der Waals surface area (Å²) in [6.45, 7) is 7.26. The SMILES string of the molecule is COc1c(C)cnc(CS(=O)c2nc3cc(N4CCCCC4)c(NC(C)=O)cc3[nH]2)c1C. The van der Waals surface area contributed by atoms with Gasteiger partial charge in [0.05, 0.1) is 51.8 Å². The molecule has 2 aromatic heterocycles. The van der Waals surface area contributed by atoms with Crippen LogP contribution in [0.25, 0.3) is 11.0 Å². The van der Waals surface area contributed by atoms with Crippen molar-refractivity contribution in [1.82, 2.24) is 15.0 Å². The number of hydrogen-bond donors (Lipinski definition) is 2. The number of pyridine rings is 1. The van der Waals surface area contributed by atoms with Gasteiger partial charge in [0.15, 0.2) is 5.16 Å². The highest BCUT2D eigenvalue weighted by molar-refractivity contribution is 7.84. The number of aromatic amines is 1. The van der Waals surface area contributed by atoms with Gasteiger partial charge in [0.25, 0.3) is 0 Å². The van der Waals surface area contributed by atoms with Gasteiger partial charge in [-0.3, -0.25) is 14.0 Å². The quantitative estimate of drug-likeness (QED) is 0.586. The lowest BCUT2D eigenvalue weighted by Crippen LogP contribution is -2.30. The summed E-state index contributed by atoms with van der Waals surface area (Å²) < 4.78 is 18.6. The molecule has 1 aromatic carbocycles. The first-order chi connectivity index (χ1) is 15.4. The number of fused-ring (bicyclic) bond motifs is 1. The molecule has 1 amide bonds. The molecule has 0 radical (unpaired) electrons. The Morgan fingerprint density at radius 3 is 2.69 bits per heavy atom. The van der Waals surface area contributed by atoms with E-state index in [9.17, 15) is 9.00 Å². The smallest absolute Gasteiger partial charge is 0.221 e. The standard InChI is InChI=1S/C23H29N5O3S/c1-14-12-24-20(15(2)22(14)31-4)13-32(30)23-26-17-10-19(25-16(3)29)21(11-18(17)27-23)28-8-6-5-7-9-28/h10-12H,5-9,13H2,1-4H3,(H,25,29)(H,26,27). The number of methoxy groups -OCH3 is 1. The molecule has 2 N–H and O–H groups in total. The van der Waals surface area contributed by atoms with Gasteiger partial charge in [0, 0.05) is 37.3 Å². The Balaban J connectivity index is 1.67. The van der Waals surface area contributed by atoms with Crippen molar-refractivity contribution in [1.29, 1.82) is 0 Å². The first-order valence-corrected chi connectivity index (χ1v) is 12.1.